The molecule has 4 heteroatoms. The van der Waals surface area contributed by atoms with Gasteiger partial charge in [0.25, 0.3) is 0 Å². The monoisotopic (exact) mass is 256 g/mol. The van der Waals surface area contributed by atoms with Gasteiger partial charge in [0.2, 0.25) is 0 Å². The molecule has 2 aliphatic rings. The molecule has 4 nitrogen and oxygen atoms in total. The lowest BCUT2D eigenvalue weighted by Gasteiger charge is -2.17. The quantitative estimate of drug-likeness (QED) is 0.591. The van der Waals surface area contributed by atoms with Crippen LogP contribution in [0.25, 0.3) is 0 Å². The van der Waals surface area contributed by atoms with Gasteiger partial charge in [0.1, 0.15) is 0 Å². The minimum atomic E-state index is 0.734. The second kappa shape index (κ2) is 8.10. The van der Waals surface area contributed by atoms with Gasteiger partial charge >= 0.3 is 0 Å². The van der Waals surface area contributed by atoms with Crippen LogP contribution in [0.4, 0.5) is 0 Å². The number of hydrogen-bond acceptors (Lipinski definition) is 4. The summed E-state index contributed by atoms with van der Waals surface area (Å²) in [5.41, 5.74) is 0. The second-order valence-electron chi connectivity index (χ2n) is 5.76. The molecule has 1 saturated heterocycles. The zero-order valence-electron chi connectivity index (χ0n) is 11.7. The Labute approximate surface area is 111 Å². The highest BCUT2D eigenvalue weighted by atomic mass is 16.5. The van der Waals surface area contributed by atoms with Crippen molar-refractivity contribution in [3.8, 4) is 0 Å². The number of nitrogens with zero attached hydrogens (tertiary/aromatic N) is 1. The number of hydrogen-bond donors (Lipinski definition) is 1. The van der Waals surface area contributed by atoms with Crippen molar-refractivity contribution in [2.45, 2.75) is 19.3 Å². The fourth-order valence-corrected chi connectivity index (χ4v) is 2.19. The molecule has 1 aliphatic carbocycles. The number of nitrogens with one attached hydrogen (secondary N) is 1. The minimum absolute atomic E-state index is 0.734. The summed E-state index contributed by atoms with van der Waals surface area (Å²) in [6.45, 7) is 8.06. The fourth-order valence-electron chi connectivity index (χ4n) is 2.19. The van der Waals surface area contributed by atoms with Gasteiger partial charge in [-0.25, -0.2) is 0 Å². The van der Waals surface area contributed by atoms with E-state index in [1.54, 1.807) is 0 Å². The van der Waals surface area contributed by atoms with E-state index in [0.717, 1.165) is 64.4 Å². The maximum atomic E-state index is 5.64. The van der Waals surface area contributed by atoms with Gasteiger partial charge < -0.3 is 19.7 Å². The lowest BCUT2D eigenvalue weighted by Crippen LogP contribution is -2.33. The third-order valence-corrected chi connectivity index (χ3v) is 3.80. The summed E-state index contributed by atoms with van der Waals surface area (Å²) in [5, 5.41) is 3.51. The van der Waals surface area contributed by atoms with Crippen molar-refractivity contribution in [3.05, 3.63) is 0 Å². The van der Waals surface area contributed by atoms with Gasteiger partial charge in [-0.05, 0) is 38.1 Å². The molecular weight excluding hydrogens is 228 g/mol. The summed E-state index contributed by atoms with van der Waals surface area (Å²) in [5.74, 6) is 1.61. The standard InChI is InChI=1S/C14H28N2O2/c1-16(7-9-18-11-13-2-3-13)6-5-15-10-14-4-8-17-12-14/h13-15H,2-12H2,1H3. The molecular formula is C14H28N2O2. The van der Waals surface area contributed by atoms with Gasteiger partial charge in [0.15, 0.2) is 0 Å². The molecule has 1 saturated carbocycles. The molecule has 0 amide bonds. The topological polar surface area (TPSA) is 33.7 Å². The molecule has 106 valence electrons. The molecule has 0 bridgehead atoms. The van der Waals surface area contributed by atoms with E-state index < -0.39 is 0 Å². The summed E-state index contributed by atoms with van der Waals surface area (Å²) in [6.07, 6.45) is 3.98. The zero-order chi connectivity index (χ0) is 12.6. The van der Waals surface area contributed by atoms with Crippen LogP contribution in [0.3, 0.4) is 0 Å². The number of likely N-dealkylation sites (N-methyl/N-ethyl adjacent to an activating group) is 1. The molecule has 1 N–H and O–H groups in total. The van der Waals surface area contributed by atoms with Crippen molar-refractivity contribution in [1.82, 2.24) is 10.2 Å². The molecule has 1 aliphatic heterocycles. The molecule has 0 radical (unpaired) electrons. The highest BCUT2D eigenvalue weighted by Gasteiger charge is 2.20. The molecule has 2 rings (SSSR count). The van der Waals surface area contributed by atoms with Crippen LogP contribution >= 0.6 is 0 Å². The van der Waals surface area contributed by atoms with Crippen LogP contribution in [0.15, 0.2) is 0 Å². The molecule has 0 aromatic carbocycles. The predicted octanol–water partition coefficient (Wildman–Crippen LogP) is 0.971. The SMILES string of the molecule is CN(CCNCC1CCOC1)CCOCC1CC1. The molecule has 1 atom stereocenters. The summed E-state index contributed by atoms with van der Waals surface area (Å²) in [7, 11) is 2.17. The van der Waals surface area contributed by atoms with Gasteiger partial charge in [0.05, 0.1) is 13.2 Å². The van der Waals surface area contributed by atoms with Crippen LogP contribution in [0.5, 0.6) is 0 Å². The van der Waals surface area contributed by atoms with Crippen molar-refractivity contribution in [3.63, 3.8) is 0 Å². The van der Waals surface area contributed by atoms with E-state index in [-0.39, 0.29) is 0 Å². The van der Waals surface area contributed by atoms with Crippen molar-refractivity contribution in [2.75, 3.05) is 59.7 Å². The van der Waals surface area contributed by atoms with Crippen LogP contribution in [0.1, 0.15) is 19.3 Å². The Hall–Kier alpha value is -0.160. The predicted molar refractivity (Wildman–Crippen MR) is 72.8 cm³/mol. The molecule has 0 aromatic heterocycles. The van der Waals surface area contributed by atoms with Gasteiger partial charge in [0, 0.05) is 39.4 Å². The Balaban J connectivity index is 1.35. The molecule has 0 spiro atoms. The molecule has 18 heavy (non-hydrogen) atoms. The summed E-state index contributed by atoms with van der Waals surface area (Å²) >= 11 is 0. The van der Waals surface area contributed by atoms with E-state index in [0.29, 0.717) is 0 Å². The van der Waals surface area contributed by atoms with E-state index in [9.17, 15) is 0 Å². The smallest absolute Gasteiger partial charge is 0.0593 e. The first-order valence-electron chi connectivity index (χ1n) is 7.39. The summed E-state index contributed by atoms with van der Waals surface area (Å²) in [4.78, 5) is 2.34. The van der Waals surface area contributed by atoms with Crippen molar-refractivity contribution in [2.24, 2.45) is 11.8 Å². The number of rotatable bonds is 10. The van der Waals surface area contributed by atoms with Crippen LogP contribution in [0, 0.1) is 11.8 Å². The number of ether oxygens (including phenoxy) is 2. The lowest BCUT2D eigenvalue weighted by atomic mass is 10.1. The largest absolute Gasteiger partial charge is 0.381 e. The van der Waals surface area contributed by atoms with E-state index in [2.05, 4.69) is 17.3 Å². The Morgan fingerprint density at radius 2 is 2.11 bits per heavy atom. The van der Waals surface area contributed by atoms with Crippen molar-refractivity contribution in [1.29, 1.82) is 0 Å². The zero-order valence-corrected chi connectivity index (χ0v) is 11.7. The molecule has 0 aromatic rings. The maximum Gasteiger partial charge on any atom is 0.0593 e. The summed E-state index contributed by atoms with van der Waals surface area (Å²) in [6, 6.07) is 0. The first kappa shape index (κ1) is 14.3. The fraction of sp³-hybridized carbons (Fsp3) is 1.00. The Bertz CT molecular complexity index is 216. The molecule has 1 heterocycles. The molecule has 2 fully saturated rings. The third kappa shape index (κ3) is 6.14. The van der Waals surface area contributed by atoms with Crippen LogP contribution in [-0.4, -0.2) is 64.6 Å². The Morgan fingerprint density at radius 3 is 2.83 bits per heavy atom. The maximum absolute atomic E-state index is 5.64. The first-order chi connectivity index (χ1) is 8.84. The third-order valence-electron chi connectivity index (χ3n) is 3.80. The highest BCUT2D eigenvalue weighted by molar-refractivity contribution is 4.72. The van der Waals surface area contributed by atoms with Crippen LogP contribution in [0.2, 0.25) is 0 Å². The summed E-state index contributed by atoms with van der Waals surface area (Å²) < 4.78 is 11.0. The van der Waals surface area contributed by atoms with Crippen LogP contribution in [-0.2, 0) is 9.47 Å². The minimum Gasteiger partial charge on any atom is -0.381 e. The molecule has 1 unspecified atom stereocenters. The second-order valence-corrected chi connectivity index (χ2v) is 5.76. The van der Waals surface area contributed by atoms with Gasteiger partial charge in [-0.1, -0.05) is 0 Å². The first-order valence-corrected chi connectivity index (χ1v) is 7.39. The van der Waals surface area contributed by atoms with Gasteiger partial charge in [-0.3, -0.25) is 0 Å². The van der Waals surface area contributed by atoms with Crippen LogP contribution < -0.4 is 5.32 Å². The van der Waals surface area contributed by atoms with E-state index in [4.69, 9.17) is 9.47 Å². The van der Waals surface area contributed by atoms with Crippen molar-refractivity contribution >= 4 is 0 Å². The highest BCUT2D eigenvalue weighted by Crippen LogP contribution is 2.28. The van der Waals surface area contributed by atoms with E-state index >= 15 is 0 Å². The van der Waals surface area contributed by atoms with Crippen molar-refractivity contribution < 1.29 is 9.47 Å². The van der Waals surface area contributed by atoms with Gasteiger partial charge in [-0.15, -0.1) is 0 Å². The lowest BCUT2D eigenvalue weighted by molar-refractivity contribution is 0.103. The average Bonchev–Trinajstić information content (AvgIpc) is 3.05. The Kier molecular flexibility index (Phi) is 6.41. The van der Waals surface area contributed by atoms with Gasteiger partial charge in [-0.2, -0.15) is 0 Å². The normalized spacial score (nSPS) is 24.0. The van der Waals surface area contributed by atoms with E-state index in [1.807, 2.05) is 0 Å². The average molecular weight is 256 g/mol. The van der Waals surface area contributed by atoms with E-state index in [1.165, 1.54) is 19.3 Å². The Morgan fingerprint density at radius 1 is 1.22 bits per heavy atom.